The fourth-order valence-corrected chi connectivity index (χ4v) is 5.43. The van der Waals surface area contributed by atoms with Gasteiger partial charge in [0.2, 0.25) is 0 Å². The van der Waals surface area contributed by atoms with Crippen molar-refractivity contribution in [3.63, 3.8) is 0 Å². The molecule has 0 bridgehead atoms. The van der Waals surface area contributed by atoms with E-state index in [0.717, 1.165) is 24.3 Å². The second kappa shape index (κ2) is 5.23. The largest absolute Gasteiger partial charge is 0.329 e. The highest BCUT2D eigenvalue weighted by Crippen LogP contribution is 2.49. The van der Waals surface area contributed by atoms with E-state index < -0.39 is 0 Å². The van der Waals surface area contributed by atoms with Crippen molar-refractivity contribution in [3.05, 3.63) is 0 Å². The van der Waals surface area contributed by atoms with Crippen LogP contribution in [0.25, 0.3) is 0 Å². The number of hydrogen-bond donors (Lipinski definition) is 2. The molecular weight excluding hydrogens is 252 g/mol. The van der Waals surface area contributed by atoms with Crippen molar-refractivity contribution in [1.82, 2.24) is 5.32 Å². The fourth-order valence-electron chi connectivity index (χ4n) is 3.96. The zero-order valence-corrected chi connectivity index (χ0v) is 13.4. The molecular formula is C16H30N2S. The van der Waals surface area contributed by atoms with E-state index in [0.29, 0.717) is 5.41 Å². The number of thioether (sulfide) groups is 1. The van der Waals surface area contributed by atoms with Crippen molar-refractivity contribution in [2.75, 3.05) is 24.6 Å². The molecule has 1 aliphatic heterocycles. The van der Waals surface area contributed by atoms with Gasteiger partial charge in [0.1, 0.15) is 0 Å². The molecule has 2 aliphatic carbocycles. The fraction of sp³-hybridized carbons (Fsp3) is 1.00. The Morgan fingerprint density at radius 1 is 1.16 bits per heavy atom. The lowest BCUT2D eigenvalue weighted by molar-refractivity contribution is 0.210. The predicted molar refractivity (Wildman–Crippen MR) is 84.4 cm³/mol. The second-order valence-electron chi connectivity index (χ2n) is 8.04. The third-order valence-corrected chi connectivity index (χ3v) is 6.99. The minimum Gasteiger partial charge on any atom is -0.329 e. The summed E-state index contributed by atoms with van der Waals surface area (Å²) in [5.41, 5.74) is 6.79. The van der Waals surface area contributed by atoms with E-state index in [1.54, 1.807) is 0 Å². The maximum Gasteiger partial charge on any atom is 0.0400 e. The highest BCUT2D eigenvalue weighted by atomic mass is 32.2. The third-order valence-electron chi connectivity index (χ3n) is 5.25. The molecule has 3 heteroatoms. The summed E-state index contributed by atoms with van der Waals surface area (Å²) >= 11 is 2.09. The molecule has 0 aromatic heterocycles. The molecule has 3 rings (SSSR count). The van der Waals surface area contributed by atoms with Crippen LogP contribution >= 0.6 is 11.8 Å². The first-order chi connectivity index (χ1) is 9.04. The van der Waals surface area contributed by atoms with E-state index in [1.165, 1.54) is 50.2 Å². The van der Waals surface area contributed by atoms with Crippen LogP contribution in [0, 0.1) is 23.2 Å². The molecule has 1 saturated heterocycles. The molecule has 0 aromatic rings. The highest BCUT2D eigenvalue weighted by molar-refractivity contribution is 7.99. The van der Waals surface area contributed by atoms with Crippen molar-refractivity contribution < 1.29 is 0 Å². The van der Waals surface area contributed by atoms with Gasteiger partial charge in [0.15, 0.2) is 0 Å². The molecule has 0 aromatic carbocycles. The van der Waals surface area contributed by atoms with Gasteiger partial charge in [0.25, 0.3) is 0 Å². The molecule has 2 saturated carbocycles. The van der Waals surface area contributed by atoms with Crippen LogP contribution in [0.15, 0.2) is 0 Å². The van der Waals surface area contributed by atoms with Gasteiger partial charge in [-0.1, -0.05) is 13.8 Å². The maximum atomic E-state index is 6.15. The monoisotopic (exact) mass is 282 g/mol. The third kappa shape index (κ3) is 3.48. The first-order valence-electron chi connectivity index (χ1n) is 8.06. The van der Waals surface area contributed by atoms with Crippen LogP contribution in [-0.4, -0.2) is 30.1 Å². The van der Waals surface area contributed by atoms with E-state index in [4.69, 9.17) is 5.73 Å². The van der Waals surface area contributed by atoms with Crippen LogP contribution in [0.2, 0.25) is 0 Å². The highest BCUT2D eigenvalue weighted by Gasteiger charge is 2.44. The van der Waals surface area contributed by atoms with Gasteiger partial charge >= 0.3 is 0 Å². The lowest BCUT2D eigenvalue weighted by Crippen LogP contribution is -2.59. The minimum absolute atomic E-state index is 0.203. The lowest BCUT2D eigenvalue weighted by atomic mass is 9.79. The Labute approximate surface area is 122 Å². The van der Waals surface area contributed by atoms with E-state index >= 15 is 0 Å². The van der Waals surface area contributed by atoms with E-state index in [-0.39, 0.29) is 5.54 Å². The normalized spacial score (nSPS) is 34.7. The first kappa shape index (κ1) is 14.2. The van der Waals surface area contributed by atoms with Gasteiger partial charge in [-0.05, 0) is 67.6 Å². The predicted octanol–water partition coefficient (Wildman–Crippen LogP) is 2.87. The van der Waals surface area contributed by atoms with E-state index in [2.05, 4.69) is 30.9 Å². The second-order valence-corrected chi connectivity index (χ2v) is 9.02. The van der Waals surface area contributed by atoms with Crippen LogP contribution in [-0.2, 0) is 0 Å². The molecule has 3 N–H and O–H groups in total. The first-order valence-corrected chi connectivity index (χ1v) is 9.22. The molecule has 1 unspecified atom stereocenters. The van der Waals surface area contributed by atoms with Crippen LogP contribution in [0.3, 0.4) is 0 Å². The summed E-state index contributed by atoms with van der Waals surface area (Å²) in [4.78, 5) is 0. The zero-order chi connectivity index (χ0) is 13.5. The standard InChI is InChI=1S/C16H30N2S/c1-15(2)8-16(9-17,11-19-10-15)18-7-14(12-3-4-12)13-5-6-13/h12-14,18H,3-11,17H2,1-2H3. The van der Waals surface area contributed by atoms with Gasteiger partial charge in [-0.3, -0.25) is 0 Å². The van der Waals surface area contributed by atoms with Gasteiger partial charge in [0.05, 0.1) is 0 Å². The summed E-state index contributed by atoms with van der Waals surface area (Å²) in [6.45, 7) is 6.81. The van der Waals surface area contributed by atoms with Crippen molar-refractivity contribution in [2.45, 2.75) is 51.5 Å². The molecule has 19 heavy (non-hydrogen) atoms. The van der Waals surface area contributed by atoms with Crippen molar-refractivity contribution in [3.8, 4) is 0 Å². The molecule has 0 amide bonds. The SMILES string of the molecule is CC1(C)CSCC(CN)(NCC(C2CC2)C2CC2)C1. The van der Waals surface area contributed by atoms with Gasteiger partial charge in [-0.2, -0.15) is 11.8 Å². The summed E-state index contributed by atoms with van der Waals surface area (Å²) in [7, 11) is 0. The summed E-state index contributed by atoms with van der Waals surface area (Å²) in [6, 6.07) is 0. The Kier molecular flexibility index (Phi) is 3.92. The number of nitrogens with two attached hydrogens (primary N) is 1. The molecule has 3 fully saturated rings. The van der Waals surface area contributed by atoms with Crippen LogP contribution in [0.5, 0.6) is 0 Å². The summed E-state index contributed by atoms with van der Waals surface area (Å²) in [5, 5.41) is 3.94. The number of rotatable bonds is 6. The Bertz CT molecular complexity index is 311. The van der Waals surface area contributed by atoms with Crippen LogP contribution in [0.1, 0.15) is 46.0 Å². The molecule has 0 radical (unpaired) electrons. The summed E-state index contributed by atoms with van der Waals surface area (Å²) < 4.78 is 0. The van der Waals surface area contributed by atoms with Gasteiger partial charge in [0, 0.05) is 17.8 Å². The Morgan fingerprint density at radius 3 is 2.26 bits per heavy atom. The molecule has 1 heterocycles. The van der Waals surface area contributed by atoms with Gasteiger partial charge in [-0.25, -0.2) is 0 Å². The van der Waals surface area contributed by atoms with Gasteiger partial charge < -0.3 is 11.1 Å². The molecule has 110 valence electrons. The van der Waals surface area contributed by atoms with Crippen molar-refractivity contribution >= 4 is 11.8 Å². The van der Waals surface area contributed by atoms with Gasteiger partial charge in [-0.15, -0.1) is 0 Å². The Balaban J connectivity index is 1.59. The molecule has 3 aliphatic rings. The summed E-state index contributed by atoms with van der Waals surface area (Å²) in [6.07, 6.45) is 7.18. The van der Waals surface area contributed by atoms with E-state index in [9.17, 15) is 0 Å². The van der Waals surface area contributed by atoms with Crippen molar-refractivity contribution in [1.29, 1.82) is 0 Å². The maximum absolute atomic E-state index is 6.15. The number of nitrogens with one attached hydrogen (secondary N) is 1. The minimum atomic E-state index is 0.203. The average molecular weight is 282 g/mol. The molecule has 0 spiro atoms. The molecule has 2 nitrogen and oxygen atoms in total. The quantitative estimate of drug-likeness (QED) is 0.787. The van der Waals surface area contributed by atoms with E-state index in [1.807, 2.05) is 0 Å². The van der Waals surface area contributed by atoms with Crippen molar-refractivity contribution in [2.24, 2.45) is 28.9 Å². The Morgan fingerprint density at radius 2 is 1.79 bits per heavy atom. The smallest absolute Gasteiger partial charge is 0.0400 e. The topological polar surface area (TPSA) is 38.0 Å². The average Bonchev–Trinajstić information content (AvgIpc) is 3.22. The van der Waals surface area contributed by atoms with Crippen LogP contribution < -0.4 is 11.1 Å². The van der Waals surface area contributed by atoms with Crippen LogP contribution in [0.4, 0.5) is 0 Å². The zero-order valence-electron chi connectivity index (χ0n) is 12.6. The lowest BCUT2D eigenvalue weighted by Gasteiger charge is -2.45. The number of hydrogen-bond acceptors (Lipinski definition) is 3. The molecule has 1 atom stereocenters. The summed E-state index contributed by atoms with van der Waals surface area (Å²) in [5.74, 6) is 5.52. The Hall–Kier alpha value is 0.270.